The molecule has 2 atom stereocenters. The zero-order valence-corrected chi connectivity index (χ0v) is 13.3. The van der Waals surface area contributed by atoms with Crippen molar-refractivity contribution in [2.24, 2.45) is 11.8 Å². The van der Waals surface area contributed by atoms with Crippen molar-refractivity contribution in [3.05, 3.63) is 53.7 Å². The van der Waals surface area contributed by atoms with Crippen LogP contribution >= 0.6 is 0 Å². The summed E-state index contributed by atoms with van der Waals surface area (Å²) in [6.45, 7) is 6.56. The Hall–Kier alpha value is -2.14. The van der Waals surface area contributed by atoms with E-state index in [0.717, 1.165) is 38.4 Å². The van der Waals surface area contributed by atoms with E-state index < -0.39 is 0 Å². The third kappa shape index (κ3) is 2.77. The number of rotatable bonds is 3. The Morgan fingerprint density at radius 1 is 1.22 bits per heavy atom. The molecule has 2 fully saturated rings. The number of carbonyl (C=O) groups is 1. The summed E-state index contributed by atoms with van der Waals surface area (Å²) in [4.78, 5) is 21.4. The molecular weight excluding hydrogens is 290 g/mol. The zero-order chi connectivity index (χ0) is 15.8. The average Bonchev–Trinajstić information content (AvgIpc) is 3.22. The highest BCUT2D eigenvalue weighted by atomic mass is 16.3. The van der Waals surface area contributed by atoms with Gasteiger partial charge in [0.15, 0.2) is 0 Å². The number of fused-ring (bicyclic) bond motifs is 1. The van der Waals surface area contributed by atoms with E-state index in [2.05, 4.69) is 16.0 Å². The molecule has 5 heteroatoms. The lowest BCUT2D eigenvalue weighted by Crippen LogP contribution is -2.33. The molecule has 2 saturated heterocycles. The minimum atomic E-state index is 0.113. The van der Waals surface area contributed by atoms with Crippen molar-refractivity contribution in [1.29, 1.82) is 0 Å². The average molecular weight is 311 g/mol. The van der Waals surface area contributed by atoms with Crippen molar-refractivity contribution in [2.75, 3.05) is 26.2 Å². The molecule has 0 bridgehead atoms. The molecule has 120 valence electrons. The first-order valence-electron chi connectivity index (χ1n) is 8.16. The van der Waals surface area contributed by atoms with Crippen molar-refractivity contribution in [2.45, 2.75) is 13.5 Å². The number of carbonyl (C=O) groups excluding carboxylic acids is 1. The maximum absolute atomic E-state index is 12.6. The highest BCUT2D eigenvalue weighted by Crippen LogP contribution is 2.32. The molecule has 2 aromatic rings. The summed E-state index contributed by atoms with van der Waals surface area (Å²) in [6, 6.07) is 7.83. The zero-order valence-electron chi connectivity index (χ0n) is 13.3. The van der Waals surface area contributed by atoms with Crippen LogP contribution in [0.5, 0.6) is 0 Å². The molecule has 2 aliphatic heterocycles. The fraction of sp³-hybridized carbons (Fsp3) is 0.444. The van der Waals surface area contributed by atoms with Gasteiger partial charge in [0.1, 0.15) is 5.76 Å². The highest BCUT2D eigenvalue weighted by Gasteiger charge is 2.41. The number of furan rings is 1. The van der Waals surface area contributed by atoms with Gasteiger partial charge in [0, 0.05) is 38.9 Å². The van der Waals surface area contributed by atoms with Gasteiger partial charge in [-0.2, -0.15) is 0 Å². The third-order valence-electron chi connectivity index (χ3n) is 5.05. The van der Waals surface area contributed by atoms with E-state index in [-0.39, 0.29) is 5.91 Å². The SMILES string of the molecule is Cc1occc1C(=O)N1C[C@H]2CN(Cc3ccccn3)C[C@H]2C1. The molecular formula is C18H21N3O2. The number of likely N-dealkylation sites (tertiary alicyclic amines) is 2. The second kappa shape index (κ2) is 5.81. The quantitative estimate of drug-likeness (QED) is 0.872. The van der Waals surface area contributed by atoms with Crippen molar-refractivity contribution >= 4 is 5.91 Å². The standard InChI is InChI=1S/C18H21N3O2/c1-13-17(5-7-23-13)18(22)21-10-14-8-20(9-15(14)11-21)12-16-4-2-3-6-19-16/h2-7,14-15H,8-12H2,1H3/t14-,15+. The van der Waals surface area contributed by atoms with E-state index >= 15 is 0 Å². The van der Waals surface area contributed by atoms with E-state index in [1.807, 2.05) is 30.2 Å². The molecule has 1 amide bonds. The Labute approximate surface area is 135 Å². The van der Waals surface area contributed by atoms with Gasteiger partial charge in [0.25, 0.3) is 5.91 Å². The molecule has 0 spiro atoms. The summed E-state index contributed by atoms with van der Waals surface area (Å²) in [5, 5.41) is 0. The van der Waals surface area contributed by atoms with Crippen LogP contribution in [0.4, 0.5) is 0 Å². The number of hydrogen-bond acceptors (Lipinski definition) is 4. The maximum atomic E-state index is 12.6. The number of hydrogen-bond donors (Lipinski definition) is 0. The molecule has 0 aromatic carbocycles. The second-order valence-corrected chi connectivity index (χ2v) is 6.64. The van der Waals surface area contributed by atoms with Gasteiger partial charge in [-0.15, -0.1) is 0 Å². The third-order valence-corrected chi connectivity index (χ3v) is 5.05. The van der Waals surface area contributed by atoms with Crippen LogP contribution in [0.1, 0.15) is 21.8 Å². The normalized spacial score (nSPS) is 24.1. The minimum Gasteiger partial charge on any atom is -0.469 e. The Morgan fingerprint density at radius 2 is 2.00 bits per heavy atom. The molecule has 5 nitrogen and oxygen atoms in total. The van der Waals surface area contributed by atoms with Crippen LogP contribution in [0.2, 0.25) is 0 Å². The minimum absolute atomic E-state index is 0.113. The van der Waals surface area contributed by atoms with Gasteiger partial charge in [-0.25, -0.2) is 0 Å². The lowest BCUT2D eigenvalue weighted by molar-refractivity contribution is 0.0771. The van der Waals surface area contributed by atoms with Gasteiger partial charge < -0.3 is 9.32 Å². The van der Waals surface area contributed by atoms with Crippen LogP contribution < -0.4 is 0 Å². The largest absolute Gasteiger partial charge is 0.469 e. The smallest absolute Gasteiger partial charge is 0.257 e. The van der Waals surface area contributed by atoms with Crippen molar-refractivity contribution in [3.8, 4) is 0 Å². The van der Waals surface area contributed by atoms with Crippen LogP contribution in [0, 0.1) is 18.8 Å². The van der Waals surface area contributed by atoms with Gasteiger partial charge >= 0.3 is 0 Å². The van der Waals surface area contributed by atoms with Gasteiger partial charge in [-0.1, -0.05) is 6.07 Å². The van der Waals surface area contributed by atoms with Crippen molar-refractivity contribution < 1.29 is 9.21 Å². The summed E-state index contributed by atoms with van der Waals surface area (Å²) in [7, 11) is 0. The molecule has 2 aliphatic rings. The summed E-state index contributed by atoms with van der Waals surface area (Å²) in [5.74, 6) is 1.98. The number of pyridine rings is 1. The van der Waals surface area contributed by atoms with Crippen molar-refractivity contribution in [1.82, 2.24) is 14.8 Å². The van der Waals surface area contributed by atoms with Gasteiger partial charge in [0.2, 0.25) is 0 Å². The molecule has 4 heterocycles. The molecule has 0 unspecified atom stereocenters. The lowest BCUT2D eigenvalue weighted by atomic mass is 10.0. The molecule has 0 N–H and O–H groups in total. The summed E-state index contributed by atoms with van der Waals surface area (Å²) >= 11 is 0. The Balaban J connectivity index is 1.37. The monoisotopic (exact) mass is 311 g/mol. The van der Waals surface area contributed by atoms with Crippen LogP contribution in [0.15, 0.2) is 41.1 Å². The number of amides is 1. The van der Waals surface area contributed by atoms with Gasteiger partial charge in [-0.05, 0) is 37.0 Å². The Bertz CT molecular complexity index is 683. The van der Waals surface area contributed by atoms with E-state index in [9.17, 15) is 4.79 Å². The molecule has 0 radical (unpaired) electrons. The first-order chi connectivity index (χ1) is 11.2. The number of aryl methyl sites for hydroxylation is 1. The molecule has 0 saturated carbocycles. The molecule has 23 heavy (non-hydrogen) atoms. The fourth-order valence-corrected chi connectivity index (χ4v) is 3.88. The predicted molar refractivity (Wildman–Crippen MR) is 85.8 cm³/mol. The van der Waals surface area contributed by atoms with Crippen molar-refractivity contribution in [3.63, 3.8) is 0 Å². The van der Waals surface area contributed by atoms with Crippen LogP contribution in [0.25, 0.3) is 0 Å². The first kappa shape index (κ1) is 14.5. The number of nitrogens with zero attached hydrogens (tertiary/aromatic N) is 3. The Kier molecular flexibility index (Phi) is 3.65. The molecule has 2 aromatic heterocycles. The summed E-state index contributed by atoms with van der Waals surface area (Å²) < 4.78 is 5.26. The predicted octanol–water partition coefficient (Wildman–Crippen LogP) is 2.19. The van der Waals surface area contributed by atoms with E-state index in [4.69, 9.17) is 4.42 Å². The topological polar surface area (TPSA) is 49.6 Å². The van der Waals surface area contributed by atoms with Gasteiger partial charge in [0.05, 0.1) is 17.5 Å². The van der Waals surface area contributed by atoms with Crippen LogP contribution in [-0.2, 0) is 6.54 Å². The van der Waals surface area contributed by atoms with Crippen LogP contribution in [0.3, 0.4) is 0 Å². The fourth-order valence-electron chi connectivity index (χ4n) is 3.88. The molecule has 4 rings (SSSR count). The summed E-state index contributed by atoms with van der Waals surface area (Å²) in [6.07, 6.45) is 3.44. The molecule has 0 aliphatic carbocycles. The summed E-state index contributed by atoms with van der Waals surface area (Å²) in [5.41, 5.74) is 1.82. The highest BCUT2D eigenvalue weighted by molar-refractivity contribution is 5.95. The van der Waals surface area contributed by atoms with E-state index in [0.29, 0.717) is 23.2 Å². The second-order valence-electron chi connectivity index (χ2n) is 6.64. The maximum Gasteiger partial charge on any atom is 0.257 e. The van der Waals surface area contributed by atoms with Crippen LogP contribution in [-0.4, -0.2) is 46.9 Å². The van der Waals surface area contributed by atoms with Gasteiger partial charge in [-0.3, -0.25) is 14.7 Å². The first-order valence-corrected chi connectivity index (χ1v) is 8.16. The Morgan fingerprint density at radius 3 is 2.61 bits per heavy atom. The van der Waals surface area contributed by atoms with E-state index in [1.54, 1.807) is 12.3 Å². The van der Waals surface area contributed by atoms with E-state index in [1.165, 1.54) is 0 Å². The number of aromatic nitrogens is 1. The lowest BCUT2D eigenvalue weighted by Gasteiger charge is -2.21.